The van der Waals surface area contributed by atoms with Crippen molar-refractivity contribution in [3.8, 4) is 66.8 Å². The van der Waals surface area contributed by atoms with Crippen LogP contribution in [0, 0.1) is 0 Å². The zero-order valence-corrected chi connectivity index (χ0v) is 38.4. The summed E-state index contributed by atoms with van der Waals surface area (Å²) in [5, 5.41) is 17.5. The van der Waals surface area contributed by atoms with Crippen molar-refractivity contribution in [1.82, 2.24) is 0 Å². The van der Waals surface area contributed by atoms with Gasteiger partial charge >= 0.3 is 0 Å². The van der Waals surface area contributed by atoms with Crippen molar-refractivity contribution < 1.29 is 0 Å². The van der Waals surface area contributed by atoms with Crippen LogP contribution in [0.4, 0.5) is 0 Å². The molecular formula is C70H44. The smallest absolute Gasteiger partial charge is 0.00923 e. The average molecular weight is 885 g/mol. The number of fused-ring (bicyclic) bond motifs is 11. The molecule has 0 heterocycles. The Morgan fingerprint density at radius 3 is 0.714 bits per heavy atom. The normalized spacial score (nSPS) is 11.7. The van der Waals surface area contributed by atoms with Gasteiger partial charge in [-0.1, -0.05) is 206 Å². The van der Waals surface area contributed by atoms with Gasteiger partial charge in [0.2, 0.25) is 0 Å². The van der Waals surface area contributed by atoms with Crippen LogP contribution >= 0.6 is 0 Å². The second-order valence-electron chi connectivity index (χ2n) is 18.7. The summed E-state index contributed by atoms with van der Waals surface area (Å²) < 4.78 is 0. The van der Waals surface area contributed by atoms with E-state index in [1.807, 2.05) is 0 Å². The van der Waals surface area contributed by atoms with Gasteiger partial charge in [-0.05, 0) is 203 Å². The van der Waals surface area contributed by atoms with Gasteiger partial charge in [-0.15, -0.1) is 0 Å². The number of rotatable bonds is 6. The van der Waals surface area contributed by atoms with E-state index < -0.39 is 0 Å². The summed E-state index contributed by atoms with van der Waals surface area (Å²) >= 11 is 0. The second-order valence-corrected chi connectivity index (χ2v) is 18.7. The third-order valence-electron chi connectivity index (χ3n) is 14.7. The molecule has 0 N–H and O–H groups in total. The maximum atomic E-state index is 2.48. The summed E-state index contributed by atoms with van der Waals surface area (Å²) in [5.74, 6) is 0. The van der Waals surface area contributed by atoms with Crippen LogP contribution in [0.2, 0.25) is 0 Å². The van der Waals surface area contributed by atoms with Crippen molar-refractivity contribution in [2.24, 2.45) is 0 Å². The topological polar surface area (TPSA) is 0 Å². The van der Waals surface area contributed by atoms with Crippen molar-refractivity contribution in [3.63, 3.8) is 0 Å². The summed E-state index contributed by atoms with van der Waals surface area (Å²) in [6, 6.07) is 99.3. The Morgan fingerprint density at radius 2 is 0.371 bits per heavy atom. The lowest BCUT2D eigenvalue weighted by Gasteiger charge is -2.19. The van der Waals surface area contributed by atoms with Gasteiger partial charge < -0.3 is 0 Å². The molecule has 0 unspecified atom stereocenters. The Morgan fingerprint density at radius 1 is 0.129 bits per heavy atom. The zero-order valence-electron chi connectivity index (χ0n) is 38.4. The molecule has 0 saturated heterocycles. The maximum Gasteiger partial charge on any atom is -0.00923 e. The van der Waals surface area contributed by atoms with Crippen LogP contribution in [0.15, 0.2) is 267 Å². The van der Waals surface area contributed by atoms with Gasteiger partial charge in [-0.2, -0.15) is 0 Å². The molecule has 0 atom stereocenters. The molecule has 0 heteroatoms. The molecule has 0 bridgehead atoms. The molecule has 0 aliphatic rings. The Hall–Kier alpha value is -9.10. The van der Waals surface area contributed by atoms with Crippen molar-refractivity contribution in [1.29, 1.82) is 0 Å². The van der Waals surface area contributed by atoms with Gasteiger partial charge in [0.15, 0.2) is 0 Å². The molecule has 0 radical (unpaired) electrons. The molecule has 0 aliphatic heterocycles. The first-order valence-electron chi connectivity index (χ1n) is 24.3. The first-order chi connectivity index (χ1) is 34.7. The average Bonchev–Trinajstić information content (AvgIpc) is 3.44. The fraction of sp³-hybridized carbons (Fsp3) is 0. The van der Waals surface area contributed by atoms with Crippen LogP contribution in [0.3, 0.4) is 0 Å². The van der Waals surface area contributed by atoms with Crippen LogP contribution in [-0.2, 0) is 0 Å². The second kappa shape index (κ2) is 16.3. The molecule has 14 rings (SSSR count). The van der Waals surface area contributed by atoms with Gasteiger partial charge in [0.25, 0.3) is 0 Å². The van der Waals surface area contributed by atoms with E-state index in [9.17, 15) is 0 Å². The molecule has 0 spiro atoms. The lowest BCUT2D eigenvalue weighted by atomic mass is 9.84. The summed E-state index contributed by atoms with van der Waals surface area (Å²) in [6.07, 6.45) is 0. The monoisotopic (exact) mass is 884 g/mol. The van der Waals surface area contributed by atoms with Crippen molar-refractivity contribution in [3.05, 3.63) is 267 Å². The lowest BCUT2D eigenvalue weighted by Crippen LogP contribution is -1.92. The summed E-state index contributed by atoms with van der Waals surface area (Å²) in [7, 11) is 0. The Bertz CT molecular complexity index is 4100. The van der Waals surface area contributed by atoms with E-state index in [0.717, 1.165) is 0 Å². The molecule has 0 aliphatic carbocycles. The minimum atomic E-state index is 1.20. The van der Waals surface area contributed by atoms with Gasteiger partial charge in [0, 0.05) is 0 Å². The summed E-state index contributed by atoms with van der Waals surface area (Å²) in [5.41, 5.74) is 14.5. The van der Waals surface area contributed by atoms with Crippen LogP contribution in [0.25, 0.3) is 142 Å². The van der Waals surface area contributed by atoms with Crippen molar-refractivity contribution in [2.75, 3.05) is 0 Å². The van der Waals surface area contributed by atoms with E-state index in [2.05, 4.69) is 267 Å². The SMILES string of the molecule is c1ccc(-c2cc(-c3cc4ccccc4c4ccccc34)cc(-c3cc4c5ccccc5c(-c5cc(-c6ccccc6)cc(-c6cc7ccccc7c7ccccc67)c5)cc4c4ccccc34)c2)cc1. The van der Waals surface area contributed by atoms with E-state index in [0.29, 0.717) is 0 Å². The molecule has 14 aromatic carbocycles. The lowest BCUT2D eigenvalue weighted by molar-refractivity contribution is 1.59. The van der Waals surface area contributed by atoms with E-state index in [1.54, 1.807) is 0 Å². The highest BCUT2D eigenvalue weighted by Crippen LogP contribution is 2.46. The van der Waals surface area contributed by atoms with Gasteiger partial charge in [0.1, 0.15) is 0 Å². The number of hydrogen-bond donors (Lipinski definition) is 0. The first-order valence-corrected chi connectivity index (χ1v) is 24.3. The molecule has 0 aromatic heterocycles. The summed E-state index contributed by atoms with van der Waals surface area (Å²) in [6.45, 7) is 0. The number of hydrogen-bond acceptors (Lipinski definition) is 0. The highest BCUT2D eigenvalue weighted by Gasteiger charge is 2.19. The maximum absolute atomic E-state index is 2.48. The fourth-order valence-electron chi connectivity index (χ4n) is 11.5. The molecule has 14 aromatic rings. The summed E-state index contributed by atoms with van der Waals surface area (Å²) in [4.78, 5) is 0. The third-order valence-corrected chi connectivity index (χ3v) is 14.7. The predicted octanol–water partition coefficient (Wildman–Crippen LogP) is 19.8. The molecule has 0 fully saturated rings. The zero-order chi connectivity index (χ0) is 46.1. The third kappa shape index (κ3) is 6.61. The minimum absolute atomic E-state index is 1.20. The van der Waals surface area contributed by atoms with E-state index >= 15 is 0 Å². The first kappa shape index (κ1) is 40.0. The van der Waals surface area contributed by atoms with Crippen molar-refractivity contribution >= 4 is 75.4 Å². The standard InChI is InChI=1S/C70H44/c1-3-19-45(20-4-1)49-35-51(65-41-47-23-7-9-25-55(47)57-27-11-13-29-59(57)65)39-53(37-49)67-43-69-64-34-18-16-32-62(64)68(44-70(69)63-33-17-15-31-61(63)67)54-38-50(46-21-5-2-6-22-46)36-52(40-54)66-42-48-24-8-10-26-56(48)58-28-12-14-30-60(58)66/h1-44H. The van der Waals surface area contributed by atoms with Gasteiger partial charge in [-0.25, -0.2) is 0 Å². The predicted molar refractivity (Wildman–Crippen MR) is 302 cm³/mol. The molecular weight excluding hydrogens is 841 g/mol. The number of benzene rings is 14. The molecule has 0 saturated carbocycles. The molecule has 70 heavy (non-hydrogen) atoms. The van der Waals surface area contributed by atoms with E-state index in [4.69, 9.17) is 0 Å². The van der Waals surface area contributed by atoms with Crippen molar-refractivity contribution in [2.45, 2.75) is 0 Å². The Labute approximate surface area is 407 Å². The van der Waals surface area contributed by atoms with Crippen LogP contribution < -0.4 is 0 Å². The van der Waals surface area contributed by atoms with Gasteiger partial charge in [-0.3, -0.25) is 0 Å². The van der Waals surface area contributed by atoms with E-state index in [-0.39, 0.29) is 0 Å². The minimum Gasteiger partial charge on any atom is -0.0622 e. The van der Waals surface area contributed by atoms with E-state index in [1.165, 1.54) is 142 Å². The highest BCUT2D eigenvalue weighted by atomic mass is 14.2. The molecule has 0 nitrogen and oxygen atoms in total. The molecule has 324 valence electrons. The quantitative estimate of drug-likeness (QED) is 0.146. The van der Waals surface area contributed by atoms with Crippen LogP contribution in [0.1, 0.15) is 0 Å². The van der Waals surface area contributed by atoms with Crippen LogP contribution in [-0.4, -0.2) is 0 Å². The molecule has 0 amide bonds. The fourth-order valence-corrected chi connectivity index (χ4v) is 11.5. The van der Waals surface area contributed by atoms with Crippen LogP contribution in [0.5, 0.6) is 0 Å². The largest absolute Gasteiger partial charge is 0.0622 e. The Balaban J connectivity index is 1.03. The highest BCUT2D eigenvalue weighted by molar-refractivity contribution is 6.24. The Kier molecular flexibility index (Phi) is 9.32. The van der Waals surface area contributed by atoms with Gasteiger partial charge in [0.05, 0.1) is 0 Å².